The Morgan fingerprint density at radius 2 is 2.38 bits per heavy atom. The minimum Gasteiger partial charge on any atom is -0.393 e. The smallest absolute Gasteiger partial charge is 0.0567 e. The van der Waals surface area contributed by atoms with E-state index in [1.54, 1.807) is 0 Å². The standard InChI is InChI=1S/C13H20N2O/c1-11-10-13(16)6-9-15(11)8-5-12-4-2-3-7-14-12/h2-4,7,11,13,16H,5-6,8-10H2,1H3. The Bertz CT molecular complexity index is 315. The van der Waals surface area contributed by atoms with Crippen LogP contribution in [0.5, 0.6) is 0 Å². The summed E-state index contributed by atoms with van der Waals surface area (Å²) in [5.74, 6) is 0. The first-order valence-electron chi connectivity index (χ1n) is 6.07. The molecular formula is C13H20N2O. The highest BCUT2D eigenvalue weighted by Gasteiger charge is 2.23. The van der Waals surface area contributed by atoms with E-state index in [-0.39, 0.29) is 6.10 Å². The molecule has 1 aliphatic heterocycles. The lowest BCUT2D eigenvalue weighted by atomic mass is 10.0. The zero-order valence-corrected chi connectivity index (χ0v) is 9.84. The van der Waals surface area contributed by atoms with Crippen molar-refractivity contribution < 1.29 is 5.11 Å². The number of likely N-dealkylation sites (tertiary alicyclic amines) is 1. The topological polar surface area (TPSA) is 36.4 Å². The Balaban J connectivity index is 1.82. The van der Waals surface area contributed by atoms with E-state index in [1.165, 1.54) is 0 Å². The molecule has 88 valence electrons. The molecule has 2 heterocycles. The van der Waals surface area contributed by atoms with Crippen LogP contribution in [0.3, 0.4) is 0 Å². The van der Waals surface area contributed by atoms with Crippen LogP contribution in [-0.4, -0.2) is 40.2 Å². The number of hydrogen-bond donors (Lipinski definition) is 1. The summed E-state index contributed by atoms with van der Waals surface area (Å²) in [6.07, 6.45) is 4.57. The fourth-order valence-electron chi connectivity index (χ4n) is 2.33. The summed E-state index contributed by atoms with van der Waals surface area (Å²) in [6.45, 7) is 4.25. The van der Waals surface area contributed by atoms with E-state index < -0.39 is 0 Å². The summed E-state index contributed by atoms with van der Waals surface area (Å²) in [5, 5.41) is 9.54. The molecule has 0 amide bonds. The van der Waals surface area contributed by atoms with E-state index in [0.29, 0.717) is 6.04 Å². The predicted molar refractivity (Wildman–Crippen MR) is 64.2 cm³/mol. The van der Waals surface area contributed by atoms with Crippen LogP contribution in [0.1, 0.15) is 25.5 Å². The van der Waals surface area contributed by atoms with Gasteiger partial charge in [0.05, 0.1) is 6.10 Å². The van der Waals surface area contributed by atoms with Gasteiger partial charge in [0.25, 0.3) is 0 Å². The second-order valence-electron chi connectivity index (χ2n) is 4.63. The number of piperidine rings is 1. The molecule has 1 aromatic rings. The minimum atomic E-state index is -0.0962. The molecule has 1 aromatic heterocycles. The van der Waals surface area contributed by atoms with E-state index in [4.69, 9.17) is 0 Å². The number of hydrogen-bond acceptors (Lipinski definition) is 3. The highest BCUT2D eigenvalue weighted by Crippen LogP contribution is 2.17. The molecule has 1 N–H and O–H groups in total. The van der Waals surface area contributed by atoms with Crippen molar-refractivity contribution in [2.75, 3.05) is 13.1 Å². The number of rotatable bonds is 3. The lowest BCUT2D eigenvalue weighted by molar-refractivity contribution is 0.0489. The summed E-state index contributed by atoms with van der Waals surface area (Å²) >= 11 is 0. The summed E-state index contributed by atoms with van der Waals surface area (Å²) in [5.41, 5.74) is 1.15. The van der Waals surface area contributed by atoms with Gasteiger partial charge in [-0.25, -0.2) is 0 Å². The molecule has 0 saturated carbocycles. The molecular weight excluding hydrogens is 200 g/mol. The molecule has 0 spiro atoms. The maximum atomic E-state index is 9.54. The first-order valence-corrected chi connectivity index (χ1v) is 6.07. The average molecular weight is 220 g/mol. The van der Waals surface area contributed by atoms with Crippen LogP contribution in [0.4, 0.5) is 0 Å². The van der Waals surface area contributed by atoms with Crippen LogP contribution in [0, 0.1) is 0 Å². The van der Waals surface area contributed by atoms with Gasteiger partial charge in [-0.05, 0) is 31.9 Å². The summed E-state index contributed by atoms with van der Waals surface area (Å²) < 4.78 is 0. The maximum Gasteiger partial charge on any atom is 0.0567 e. The van der Waals surface area contributed by atoms with Gasteiger partial charge in [0, 0.05) is 37.4 Å². The molecule has 16 heavy (non-hydrogen) atoms. The third-order valence-corrected chi connectivity index (χ3v) is 3.37. The first-order chi connectivity index (χ1) is 7.75. The zero-order chi connectivity index (χ0) is 11.4. The third kappa shape index (κ3) is 3.03. The van der Waals surface area contributed by atoms with Crippen molar-refractivity contribution in [2.45, 2.75) is 38.3 Å². The monoisotopic (exact) mass is 220 g/mol. The van der Waals surface area contributed by atoms with Crippen LogP contribution in [-0.2, 0) is 6.42 Å². The van der Waals surface area contributed by atoms with Crippen molar-refractivity contribution in [3.8, 4) is 0 Å². The molecule has 2 rings (SSSR count). The Kier molecular flexibility index (Phi) is 3.91. The number of aliphatic hydroxyl groups excluding tert-OH is 1. The summed E-state index contributed by atoms with van der Waals surface area (Å²) in [7, 11) is 0. The Hall–Kier alpha value is -0.930. The highest BCUT2D eigenvalue weighted by molar-refractivity contribution is 5.03. The normalized spacial score (nSPS) is 26.9. The SMILES string of the molecule is CC1CC(O)CCN1CCc1ccccn1. The lowest BCUT2D eigenvalue weighted by Crippen LogP contribution is -2.43. The molecule has 1 fully saturated rings. The number of nitrogens with zero attached hydrogens (tertiary/aromatic N) is 2. The van der Waals surface area contributed by atoms with Gasteiger partial charge >= 0.3 is 0 Å². The molecule has 2 atom stereocenters. The van der Waals surface area contributed by atoms with Crippen LogP contribution in [0.25, 0.3) is 0 Å². The van der Waals surface area contributed by atoms with E-state index in [1.807, 2.05) is 18.3 Å². The van der Waals surface area contributed by atoms with Crippen molar-refractivity contribution in [1.82, 2.24) is 9.88 Å². The van der Waals surface area contributed by atoms with Crippen LogP contribution in [0.2, 0.25) is 0 Å². The molecule has 0 aromatic carbocycles. The van der Waals surface area contributed by atoms with E-state index in [0.717, 1.165) is 38.0 Å². The fraction of sp³-hybridized carbons (Fsp3) is 0.615. The van der Waals surface area contributed by atoms with Crippen LogP contribution >= 0.6 is 0 Å². The van der Waals surface area contributed by atoms with Gasteiger partial charge in [0.2, 0.25) is 0 Å². The molecule has 1 saturated heterocycles. The molecule has 0 radical (unpaired) electrons. The molecule has 0 bridgehead atoms. The first kappa shape index (κ1) is 11.6. The highest BCUT2D eigenvalue weighted by atomic mass is 16.3. The Labute approximate surface area is 97.1 Å². The van der Waals surface area contributed by atoms with Gasteiger partial charge in [-0.3, -0.25) is 4.98 Å². The molecule has 0 aliphatic carbocycles. The van der Waals surface area contributed by atoms with Gasteiger partial charge in [-0.2, -0.15) is 0 Å². The van der Waals surface area contributed by atoms with Crippen molar-refractivity contribution in [3.63, 3.8) is 0 Å². The molecule has 3 nitrogen and oxygen atoms in total. The van der Waals surface area contributed by atoms with Crippen molar-refractivity contribution >= 4 is 0 Å². The quantitative estimate of drug-likeness (QED) is 0.838. The minimum absolute atomic E-state index is 0.0962. The van der Waals surface area contributed by atoms with Gasteiger partial charge in [0.15, 0.2) is 0 Å². The molecule has 1 aliphatic rings. The van der Waals surface area contributed by atoms with Gasteiger partial charge < -0.3 is 10.0 Å². The summed E-state index contributed by atoms with van der Waals surface area (Å²) in [6, 6.07) is 6.55. The van der Waals surface area contributed by atoms with E-state index >= 15 is 0 Å². The van der Waals surface area contributed by atoms with E-state index in [2.05, 4.69) is 22.9 Å². The largest absolute Gasteiger partial charge is 0.393 e. The average Bonchev–Trinajstić information content (AvgIpc) is 2.29. The number of pyridine rings is 1. The maximum absolute atomic E-state index is 9.54. The number of aliphatic hydroxyl groups is 1. The second kappa shape index (κ2) is 5.41. The Morgan fingerprint density at radius 1 is 1.50 bits per heavy atom. The molecule has 2 unspecified atom stereocenters. The zero-order valence-electron chi connectivity index (χ0n) is 9.84. The van der Waals surface area contributed by atoms with Gasteiger partial charge in [-0.15, -0.1) is 0 Å². The second-order valence-corrected chi connectivity index (χ2v) is 4.63. The number of aromatic nitrogens is 1. The van der Waals surface area contributed by atoms with E-state index in [9.17, 15) is 5.11 Å². The molecule has 3 heteroatoms. The van der Waals surface area contributed by atoms with Crippen molar-refractivity contribution in [2.24, 2.45) is 0 Å². The predicted octanol–water partition coefficient (Wildman–Crippen LogP) is 1.47. The van der Waals surface area contributed by atoms with Crippen LogP contribution in [0.15, 0.2) is 24.4 Å². The van der Waals surface area contributed by atoms with Crippen molar-refractivity contribution in [1.29, 1.82) is 0 Å². The third-order valence-electron chi connectivity index (χ3n) is 3.37. The Morgan fingerprint density at radius 3 is 3.06 bits per heavy atom. The van der Waals surface area contributed by atoms with Crippen molar-refractivity contribution in [3.05, 3.63) is 30.1 Å². The van der Waals surface area contributed by atoms with Crippen LogP contribution < -0.4 is 0 Å². The van der Waals surface area contributed by atoms with Gasteiger partial charge in [0.1, 0.15) is 0 Å². The summed E-state index contributed by atoms with van der Waals surface area (Å²) in [4.78, 5) is 6.77. The lowest BCUT2D eigenvalue weighted by Gasteiger charge is -2.35. The fourth-order valence-corrected chi connectivity index (χ4v) is 2.33. The van der Waals surface area contributed by atoms with Gasteiger partial charge in [-0.1, -0.05) is 6.07 Å².